The molecule has 0 aliphatic rings. The van der Waals surface area contributed by atoms with E-state index in [1.54, 1.807) is 24.3 Å². The molecule has 1 nitrogen and oxygen atoms in total. The van der Waals surface area contributed by atoms with Crippen molar-refractivity contribution in [1.29, 1.82) is 0 Å². The van der Waals surface area contributed by atoms with Crippen molar-refractivity contribution < 1.29 is 13.5 Å². The zero-order valence-electron chi connectivity index (χ0n) is 8.63. The molecular weight excluding hydrogens is 210 g/mol. The summed E-state index contributed by atoms with van der Waals surface area (Å²) in [4.78, 5) is 0. The maximum atomic E-state index is 13.5. The highest BCUT2D eigenvalue weighted by molar-refractivity contribution is 5.70. The van der Waals surface area contributed by atoms with Gasteiger partial charge in [0.05, 0.1) is 13.2 Å². The first-order chi connectivity index (χ1) is 7.72. The van der Waals surface area contributed by atoms with Gasteiger partial charge in [0.2, 0.25) is 0 Å². The molecule has 2 rings (SSSR count). The van der Waals surface area contributed by atoms with Crippen LogP contribution in [0, 0.1) is 17.7 Å². The van der Waals surface area contributed by atoms with Crippen LogP contribution in [0.25, 0.3) is 11.1 Å². The van der Waals surface area contributed by atoms with Gasteiger partial charge in [0.15, 0.2) is 0 Å². The van der Waals surface area contributed by atoms with E-state index in [9.17, 15) is 8.78 Å². The number of para-hydroxylation sites is 1. The van der Waals surface area contributed by atoms with Gasteiger partial charge in [-0.05, 0) is 18.2 Å². The standard InChI is InChI=1S/C13H9F2O/c1-16-13-5-3-2-4-11(13)10-7-6-9(14)8-12(10)15/h2-7H,1H3. The number of hydrogen-bond acceptors (Lipinski definition) is 1. The number of benzene rings is 2. The van der Waals surface area contributed by atoms with E-state index >= 15 is 0 Å². The van der Waals surface area contributed by atoms with Gasteiger partial charge in [0, 0.05) is 11.1 Å². The minimum atomic E-state index is -0.718. The summed E-state index contributed by atoms with van der Waals surface area (Å²) in [5.41, 5.74) is 0.859. The van der Waals surface area contributed by atoms with Gasteiger partial charge in [-0.25, -0.2) is 8.78 Å². The van der Waals surface area contributed by atoms with E-state index in [2.05, 4.69) is 0 Å². The Balaban J connectivity index is 2.58. The van der Waals surface area contributed by atoms with Crippen molar-refractivity contribution in [3.63, 3.8) is 0 Å². The molecule has 3 heteroatoms. The van der Waals surface area contributed by atoms with Gasteiger partial charge in [0.1, 0.15) is 17.4 Å². The Bertz CT molecular complexity index is 509. The van der Waals surface area contributed by atoms with Gasteiger partial charge in [0.25, 0.3) is 0 Å². The maximum absolute atomic E-state index is 13.5. The van der Waals surface area contributed by atoms with Crippen molar-refractivity contribution in [3.8, 4) is 16.9 Å². The fourth-order valence-corrected chi connectivity index (χ4v) is 1.52. The Morgan fingerprint density at radius 3 is 2.44 bits per heavy atom. The molecule has 2 aromatic carbocycles. The van der Waals surface area contributed by atoms with Crippen LogP contribution >= 0.6 is 0 Å². The topological polar surface area (TPSA) is 9.23 Å². The molecule has 2 aromatic rings. The second-order valence-corrected chi connectivity index (χ2v) is 3.23. The lowest BCUT2D eigenvalue weighted by Gasteiger charge is -2.08. The van der Waals surface area contributed by atoms with Crippen LogP contribution in [0.2, 0.25) is 0 Å². The number of methoxy groups -OCH3 is 1. The van der Waals surface area contributed by atoms with Crippen molar-refractivity contribution in [3.05, 3.63) is 54.1 Å². The van der Waals surface area contributed by atoms with E-state index in [1.165, 1.54) is 19.2 Å². The Morgan fingerprint density at radius 1 is 1.00 bits per heavy atom. The molecule has 0 atom stereocenters. The highest BCUT2D eigenvalue weighted by atomic mass is 19.1. The minimum Gasteiger partial charge on any atom is -0.496 e. The Hall–Kier alpha value is -1.90. The monoisotopic (exact) mass is 219 g/mol. The van der Waals surface area contributed by atoms with Crippen molar-refractivity contribution in [1.82, 2.24) is 0 Å². The van der Waals surface area contributed by atoms with Crippen LogP contribution in [0.4, 0.5) is 8.78 Å². The summed E-state index contributed by atoms with van der Waals surface area (Å²) in [5, 5.41) is 0. The largest absolute Gasteiger partial charge is 0.496 e. The van der Waals surface area contributed by atoms with E-state index < -0.39 is 11.6 Å². The summed E-state index contributed by atoms with van der Waals surface area (Å²) in [5.74, 6) is -0.887. The molecule has 0 N–H and O–H groups in total. The molecule has 0 saturated heterocycles. The smallest absolute Gasteiger partial charge is 0.142 e. The van der Waals surface area contributed by atoms with E-state index in [4.69, 9.17) is 4.74 Å². The van der Waals surface area contributed by atoms with Gasteiger partial charge in [-0.3, -0.25) is 0 Å². The highest BCUT2D eigenvalue weighted by Crippen LogP contribution is 2.31. The van der Waals surface area contributed by atoms with Gasteiger partial charge in [-0.2, -0.15) is 0 Å². The second kappa shape index (κ2) is 4.31. The molecule has 0 aliphatic heterocycles. The first-order valence-corrected chi connectivity index (χ1v) is 4.73. The predicted octanol–water partition coefficient (Wildman–Crippen LogP) is 3.44. The van der Waals surface area contributed by atoms with Crippen LogP contribution in [-0.2, 0) is 0 Å². The van der Waals surface area contributed by atoms with Gasteiger partial charge in [-0.15, -0.1) is 0 Å². The van der Waals surface area contributed by atoms with Crippen LogP contribution in [0.5, 0.6) is 5.75 Å². The molecular formula is C13H9F2O. The molecule has 0 bridgehead atoms. The van der Waals surface area contributed by atoms with Crippen molar-refractivity contribution in [2.75, 3.05) is 7.11 Å². The normalized spacial score (nSPS) is 10.2. The Morgan fingerprint density at radius 2 is 1.75 bits per heavy atom. The average Bonchev–Trinajstić information content (AvgIpc) is 2.29. The van der Waals surface area contributed by atoms with E-state index in [1.807, 2.05) is 6.07 Å². The molecule has 0 aliphatic carbocycles. The molecule has 0 amide bonds. The zero-order valence-corrected chi connectivity index (χ0v) is 8.63. The van der Waals surface area contributed by atoms with Crippen LogP contribution < -0.4 is 4.74 Å². The molecule has 16 heavy (non-hydrogen) atoms. The quantitative estimate of drug-likeness (QED) is 0.751. The third-order valence-electron chi connectivity index (χ3n) is 2.26. The fourth-order valence-electron chi connectivity index (χ4n) is 1.52. The zero-order chi connectivity index (χ0) is 11.5. The lowest BCUT2D eigenvalue weighted by molar-refractivity contribution is 0.416. The second-order valence-electron chi connectivity index (χ2n) is 3.23. The van der Waals surface area contributed by atoms with Crippen LogP contribution in [0.1, 0.15) is 0 Å². The summed E-state index contributed by atoms with van der Waals surface area (Å²) in [6.45, 7) is 0. The highest BCUT2D eigenvalue weighted by Gasteiger charge is 2.10. The number of ether oxygens (including phenoxy) is 1. The molecule has 0 saturated carbocycles. The Labute approximate surface area is 92.3 Å². The van der Waals surface area contributed by atoms with Crippen molar-refractivity contribution >= 4 is 0 Å². The Kier molecular flexibility index (Phi) is 2.86. The minimum absolute atomic E-state index is 0.277. The maximum Gasteiger partial charge on any atom is 0.142 e. The lowest BCUT2D eigenvalue weighted by atomic mass is 10.0. The number of rotatable bonds is 2. The molecule has 0 unspecified atom stereocenters. The average molecular weight is 219 g/mol. The number of halogens is 2. The third-order valence-corrected chi connectivity index (χ3v) is 2.26. The van der Waals surface area contributed by atoms with Crippen LogP contribution in [0.15, 0.2) is 36.4 Å². The SMILES string of the molecule is COc1ccccc1-c1ccc(F)[c]c1F. The van der Waals surface area contributed by atoms with E-state index in [0.717, 1.165) is 0 Å². The number of hydrogen-bond donors (Lipinski definition) is 0. The van der Waals surface area contributed by atoms with Crippen molar-refractivity contribution in [2.24, 2.45) is 0 Å². The third kappa shape index (κ3) is 1.89. The molecule has 1 radical (unpaired) electrons. The molecule has 0 aromatic heterocycles. The summed E-state index contributed by atoms with van der Waals surface area (Å²) >= 11 is 0. The first-order valence-electron chi connectivity index (χ1n) is 4.73. The first kappa shape index (κ1) is 10.6. The van der Waals surface area contributed by atoms with E-state index in [0.29, 0.717) is 11.3 Å². The summed E-state index contributed by atoms with van der Waals surface area (Å²) < 4.78 is 31.3. The molecule has 0 fully saturated rings. The molecule has 0 spiro atoms. The van der Waals surface area contributed by atoms with Crippen LogP contribution in [0.3, 0.4) is 0 Å². The van der Waals surface area contributed by atoms with Gasteiger partial charge < -0.3 is 4.74 Å². The summed E-state index contributed by atoms with van der Waals surface area (Å²) in [7, 11) is 1.50. The predicted molar refractivity (Wildman–Crippen MR) is 57.2 cm³/mol. The van der Waals surface area contributed by atoms with Gasteiger partial charge in [-0.1, -0.05) is 18.2 Å². The molecule has 0 heterocycles. The van der Waals surface area contributed by atoms with Crippen LogP contribution in [-0.4, -0.2) is 7.11 Å². The molecule has 81 valence electrons. The van der Waals surface area contributed by atoms with E-state index in [-0.39, 0.29) is 5.56 Å². The summed E-state index contributed by atoms with van der Waals surface area (Å²) in [6.07, 6.45) is 0. The summed E-state index contributed by atoms with van der Waals surface area (Å²) in [6, 6.07) is 11.5. The lowest BCUT2D eigenvalue weighted by Crippen LogP contribution is -1.91. The van der Waals surface area contributed by atoms with Gasteiger partial charge >= 0.3 is 0 Å². The fraction of sp³-hybridized carbons (Fsp3) is 0.0769. The van der Waals surface area contributed by atoms with Crippen molar-refractivity contribution in [2.45, 2.75) is 0 Å².